The standard InChI is InChI=1S/C17H14N4O2/c1-12-4-9-16(21-20-12)23-15-7-5-13(6-8-15)17(22)19-14-3-2-10-18-11-14/h2-11H,1H3,(H,19,22). The number of nitrogens with zero attached hydrogens (tertiary/aromatic N) is 3. The third-order valence-corrected chi connectivity index (χ3v) is 3.03. The molecule has 1 aromatic carbocycles. The van der Waals surface area contributed by atoms with E-state index in [0.717, 1.165) is 5.69 Å². The highest BCUT2D eigenvalue weighted by atomic mass is 16.5. The van der Waals surface area contributed by atoms with E-state index in [-0.39, 0.29) is 5.91 Å². The van der Waals surface area contributed by atoms with Crippen molar-refractivity contribution in [1.29, 1.82) is 0 Å². The summed E-state index contributed by atoms with van der Waals surface area (Å²) in [5.74, 6) is 0.781. The van der Waals surface area contributed by atoms with Crippen LogP contribution in [0.2, 0.25) is 0 Å². The Balaban J connectivity index is 1.66. The topological polar surface area (TPSA) is 77.0 Å². The zero-order valence-corrected chi connectivity index (χ0v) is 12.4. The maximum Gasteiger partial charge on any atom is 0.255 e. The Morgan fingerprint density at radius 1 is 1.04 bits per heavy atom. The number of ether oxygens (including phenoxy) is 1. The summed E-state index contributed by atoms with van der Waals surface area (Å²) in [6.07, 6.45) is 3.24. The lowest BCUT2D eigenvalue weighted by Gasteiger charge is -2.07. The highest BCUT2D eigenvalue weighted by molar-refractivity contribution is 6.04. The van der Waals surface area contributed by atoms with Gasteiger partial charge in [0.1, 0.15) is 5.75 Å². The summed E-state index contributed by atoms with van der Waals surface area (Å²) in [5.41, 5.74) is 1.99. The van der Waals surface area contributed by atoms with Crippen LogP contribution in [0.15, 0.2) is 60.9 Å². The Bertz CT molecular complexity index is 787. The molecule has 3 rings (SSSR count). The molecule has 0 radical (unpaired) electrons. The average molecular weight is 306 g/mol. The van der Waals surface area contributed by atoms with Crippen LogP contribution in [0.25, 0.3) is 0 Å². The van der Waals surface area contributed by atoms with E-state index in [1.807, 2.05) is 13.0 Å². The Morgan fingerprint density at radius 2 is 1.87 bits per heavy atom. The van der Waals surface area contributed by atoms with Crippen molar-refractivity contribution in [2.75, 3.05) is 5.32 Å². The van der Waals surface area contributed by atoms with Crippen molar-refractivity contribution in [2.45, 2.75) is 6.92 Å². The number of pyridine rings is 1. The molecule has 0 aliphatic carbocycles. The minimum absolute atomic E-state index is 0.209. The van der Waals surface area contributed by atoms with Gasteiger partial charge in [0.05, 0.1) is 17.6 Å². The number of aryl methyl sites for hydroxylation is 1. The normalized spacial score (nSPS) is 10.1. The number of nitrogens with one attached hydrogen (secondary N) is 1. The van der Waals surface area contributed by atoms with Gasteiger partial charge in [-0.2, -0.15) is 5.10 Å². The summed E-state index contributed by atoms with van der Waals surface area (Å²) in [7, 11) is 0. The fourth-order valence-corrected chi connectivity index (χ4v) is 1.88. The highest BCUT2D eigenvalue weighted by Gasteiger charge is 2.07. The molecule has 2 heterocycles. The van der Waals surface area contributed by atoms with E-state index in [2.05, 4.69) is 20.5 Å². The van der Waals surface area contributed by atoms with Gasteiger partial charge >= 0.3 is 0 Å². The minimum atomic E-state index is -0.209. The van der Waals surface area contributed by atoms with Gasteiger partial charge < -0.3 is 10.1 Å². The Labute approximate surface area is 133 Å². The maximum absolute atomic E-state index is 12.1. The summed E-state index contributed by atoms with van der Waals surface area (Å²) >= 11 is 0. The van der Waals surface area contributed by atoms with E-state index in [0.29, 0.717) is 22.9 Å². The maximum atomic E-state index is 12.1. The molecule has 0 aliphatic rings. The molecule has 0 bridgehead atoms. The number of benzene rings is 1. The van der Waals surface area contributed by atoms with Crippen LogP contribution >= 0.6 is 0 Å². The quantitative estimate of drug-likeness (QED) is 0.800. The third-order valence-electron chi connectivity index (χ3n) is 3.03. The van der Waals surface area contributed by atoms with Crippen molar-refractivity contribution in [3.63, 3.8) is 0 Å². The smallest absolute Gasteiger partial charge is 0.255 e. The number of anilines is 1. The summed E-state index contributed by atoms with van der Waals surface area (Å²) < 4.78 is 5.57. The summed E-state index contributed by atoms with van der Waals surface area (Å²) in [6.45, 7) is 1.85. The van der Waals surface area contributed by atoms with Crippen LogP contribution < -0.4 is 10.1 Å². The molecule has 23 heavy (non-hydrogen) atoms. The zero-order valence-electron chi connectivity index (χ0n) is 12.4. The van der Waals surface area contributed by atoms with Crippen molar-refractivity contribution in [3.8, 4) is 11.6 Å². The molecule has 1 N–H and O–H groups in total. The Hall–Kier alpha value is -3.28. The molecule has 3 aromatic rings. The van der Waals surface area contributed by atoms with Crippen molar-refractivity contribution in [1.82, 2.24) is 15.2 Å². The van der Waals surface area contributed by atoms with Crippen LogP contribution in [0, 0.1) is 6.92 Å². The largest absolute Gasteiger partial charge is 0.438 e. The van der Waals surface area contributed by atoms with Crippen LogP contribution in [-0.2, 0) is 0 Å². The van der Waals surface area contributed by atoms with Crippen molar-refractivity contribution in [2.24, 2.45) is 0 Å². The van der Waals surface area contributed by atoms with Gasteiger partial charge in [0.25, 0.3) is 5.91 Å². The van der Waals surface area contributed by atoms with E-state index in [1.165, 1.54) is 0 Å². The lowest BCUT2D eigenvalue weighted by Crippen LogP contribution is -2.11. The van der Waals surface area contributed by atoms with Gasteiger partial charge in [0.15, 0.2) is 0 Å². The number of carbonyl (C=O) groups is 1. The second-order valence-electron chi connectivity index (χ2n) is 4.84. The fourth-order valence-electron chi connectivity index (χ4n) is 1.88. The molecule has 0 aliphatic heterocycles. The molecule has 6 nitrogen and oxygen atoms in total. The SMILES string of the molecule is Cc1ccc(Oc2ccc(C(=O)Nc3cccnc3)cc2)nn1. The summed E-state index contributed by atoms with van der Waals surface area (Å²) in [6, 6.07) is 13.9. The van der Waals surface area contributed by atoms with E-state index in [9.17, 15) is 4.79 Å². The van der Waals surface area contributed by atoms with E-state index in [1.54, 1.807) is 54.9 Å². The summed E-state index contributed by atoms with van der Waals surface area (Å²) in [4.78, 5) is 16.1. The van der Waals surface area contributed by atoms with Gasteiger partial charge in [0, 0.05) is 17.8 Å². The first-order valence-corrected chi connectivity index (χ1v) is 7.00. The zero-order chi connectivity index (χ0) is 16.1. The molecule has 0 saturated heterocycles. The number of carbonyl (C=O) groups excluding carboxylic acids is 1. The predicted octanol–water partition coefficient (Wildman–Crippen LogP) is 3.22. The molecule has 0 spiro atoms. The van der Waals surface area contributed by atoms with Crippen LogP contribution in [0.1, 0.15) is 16.1 Å². The molecule has 0 unspecified atom stereocenters. The van der Waals surface area contributed by atoms with Crippen LogP contribution in [0.5, 0.6) is 11.6 Å². The Kier molecular flexibility index (Phi) is 4.24. The van der Waals surface area contributed by atoms with Crippen molar-refractivity contribution >= 4 is 11.6 Å². The van der Waals surface area contributed by atoms with Gasteiger partial charge in [-0.15, -0.1) is 5.10 Å². The average Bonchev–Trinajstić information content (AvgIpc) is 2.58. The first-order valence-electron chi connectivity index (χ1n) is 7.00. The second-order valence-corrected chi connectivity index (χ2v) is 4.84. The van der Waals surface area contributed by atoms with E-state index in [4.69, 9.17) is 4.74 Å². The Morgan fingerprint density at radius 3 is 2.52 bits per heavy atom. The molecule has 0 saturated carbocycles. The molecule has 0 atom stereocenters. The predicted molar refractivity (Wildman–Crippen MR) is 85.5 cm³/mol. The third kappa shape index (κ3) is 3.88. The number of hydrogen-bond donors (Lipinski definition) is 1. The number of aromatic nitrogens is 3. The van der Waals surface area contributed by atoms with Crippen LogP contribution in [0.3, 0.4) is 0 Å². The second kappa shape index (κ2) is 6.65. The monoisotopic (exact) mass is 306 g/mol. The lowest BCUT2D eigenvalue weighted by molar-refractivity contribution is 0.102. The number of hydrogen-bond acceptors (Lipinski definition) is 5. The van der Waals surface area contributed by atoms with Gasteiger partial charge in [-0.1, -0.05) is 0 Å². The van der Waals surface area contributed by atoms with Gasteiger partial charge in [0.2, 0.25) is 5.88 Å². The van der Waals surface area contributed by atoms with Gasteiger partial charge in [-0.25, -0.2) is 0 Å². The molecular formula is C17H14N4O2. The molecule has 1 amide bonds. The van der Waals surface area contributed by atoms with Crippen LogP contribution in [-0.4, -0.2) is 21.1 Å². The fraction of sp³-hybridized carbons (Fsp3) is 0.0588. The minimum Gasteiger partial charge on any atom is -0.438 e. The van der Waals surface area contributed by atoms with Crippen molar-refractivity contribution < 1.29 is 9.53 Å². The number of rotatable bonds is 4. The molecule has 6 heteroatoms. The first kappa shape index (κ1) is 14.6. The molecule has 114 valence electrons. The summed E-state index contributed by atoms with van der Waals surface area (Å²) in [5, 5.41) is 10.6. The molecule has 2 aromatic heterocycles. The molecular weight excluding hydrogens is 292 g/mol. The van der Waals surface area contributed by atoms with E-state index >= 15 is 0 Å². The molecule has 0 fully saturated rings. The van der Waals surface area contributed by atoms with Crippen molar-refractivity contribution in [3.05, 3.63) is 72.2 Å². The van der Waals surface area contributed by atoms with Gasteiger partial charge in [-0.3, -0.25) is 9.78 Å². The lowest BCUT2D eigenvalue weighted by atomic mass is 10.2. The van der Waals surface area contributed by atoms with Gasteiger partial charge in [-0.05, 0) is 49.4 Å². The number of amides is 1. The first-order chi connectivity index (χ1) is 11.2. The van der Waals surface area contributed by atoms with Crippen LogP contribution in [0.4, 0.5) is 5.69 Å². The van der Waals surface area contributed by atoms with E-state index < -0.39 is 0 Å². The highest BCUT2D eigenvalue weighted by Crippen LogP contribution is 2.19.